The number of imidazole rings is 1. The molecule has 2 aromatic heterocycles. The fraction of sp³-hybridized carbons (Fsp3) is 0.350. The number of aryl methyl sites for hydroxylation is 1. The largest absolute Gasteiger partial charge is 0.494 e. The summed E-state index contributed by atoms with van der Waals surface area (Å²) in [4.78, 5) is 21.0. The molecule has 1 aliphatic rings. The normalized spacial score (nSPS) is 15.3. The van der Waals surface area contributed by atoms with Crippen LogP contribution in [0.2, 0.25) is 0 Å². The topological polar surface area (TPSA) is 68.5 Å². The van der Waals surface area contributed by atoms with Crippen LogP contribution in [0.1, 0.15) is 29.0 Å². The van der Waals surface area contributed by atoms with E-state index in [-0.39, 0.29) is 17.1 Å². The smallest absolute Gasteiger partial charge is 0.408 e. The summed E-state index contributed by atoms with van der Waals surface area (Å²) < 4.78 is 60.1. The second kappa shape index (κ2) is 7.26. The molecule has 30 heavy (non-hydrogen) atoms. The fourth-order valence-corrected chi connectivity index (χ4v) is 3.35. The van der Waals surface area contributed by atoms with E-state index in [1.54, 1.807) is 13.0 Å². The molecule has 0 bridgehead atoms. The zero-order chi connectivity index (χ0) is 21.6. The van der Waals surface area contributed by atoms with Gasteiger partial charge in [-0.25, -0.2) is 14.4 Å². The number of nitrogens with zero attached hydrogens (tertiary/aromatic N) is 3. The SMILES string of the molecule is COc1cc(-c2cc(C)n3cnc(C(=O)NC(C4CC4)C(F)(F)F)c3n2)ccc1F. The first-order valence-electron chi connectivity index (χ1n) is 9.25. The Bertz CT molecular complexity index is 1120. The molecule has 6 nitrogen and oxygen atoms in total. The van der Waals surface area contributed by atoms with E-state index in [2.05, 4.69) is 15.3 Å². The molecule has 1 atom stereocenters. The molecule has 1 aliphatic carbocycles. The predicted octanol–water partition coefficient (Wildman–Crippen LogP) is 3.92. The molecular formula is C20H18F4N4O2. The average Bonchev–Trinajstić information content (AvgIpc) is 3.43. The predicted molar refractivity (Wildman–Crippen MR) is 99.7 cm³/mol. The number of halogens is 4. The summed E-state index contributed by atoms with van der Waals surface area (Å²) in [7, 11) is 1.33. The first kappa shape index (κ1) is 20.1. The summed E-state index contributed by atoms with van der Waals surface area (Å²) in [6, 6.07) is 3.97. The maximum absolute atomic E-state index is 13.7. The number of rotatable bonds is 5. The molecule has 0 aliphatic heterocycles. The van der Waals surface area contributed by atoms with Crippen molar-refractivity contribution in [3.05, 3.63) is 47.8 Å². The Kier molecular flexibility index (Phi) is 4.87. The highest BCUT2D eigenvalue weighted by Crippen LogP contribution is 2.40. The van der Waals surface area contributed by atoms with Crippen molar-refractivity contribution in [3.8, 4) is 17.0 Å². The molecule has 0 spiro atoms. The van der Waals surface area contributed by atoms with Crippen molar-refractivity contribution >= 4 is 11.6 Å². The van der Waals surface area contributed by atoms with Crippen molar-refractivity contribution in [1.82, 2.24) is 19.7 Å². The fourth-order valence-electron chi connectivity index (χ4n) is 3.35. The third-order valence-electron chi connectivity index (χ3n) is 5.09. The average molecular weight is 422 g/mol. The van der Waals surface area contributed by atoms with E-state index >= 15 is 0 Å². The molecule has 4 rings (SSSR count). The summed E-state index contributed by atoms with van der Waals surface area (Å²) in [6.07, 6.45) is -2.36. The number of aromatic nitrogens is 3. The molecule has 10 heteroatoms. The zero-order valence-electron chi connectivity index (χ0n) is 16.1. The molecule has 0 saturated heterocycles. The number of alkyl halides is 3. The molecule has 1 saturated carbocycles. The molecule has 158 valence electrons. The van der Waals surface area contributed by atoms with Gasteiger partial charge in [-0.3, -0.25) is 9.20 Å². The van der Waals surface area contributed by atoms with E-state index in [0.717, 1.165) is 0 Å². The summed E-state index contributed by atoms with van der Waals surface area (Å²) in [5.74, 6) is -2.07. The van der Waals surface area contributed by atoms with Crippen LogP contribution in [0.5, 0.6) is 5.75 Å². The Balaban J connectivity index is 1.73. The van der Waals surface area contributed by atoms with Gasteiger partial charge in [0.2, 0.25) is 0 Å². The van der Waals surface area contributed by atoms with Crippen molar-refractivity contribution < 1.29 is 27.1 Å². The number of ether oxygens (including phenoxy) is 1. The van der Waals surface area contributed by atoms with Crippen LogP contribution in [-0.4, -0.2) is 39.6 Å². The van der Waals surface area contributed by atoms with Gasteiger partial charge in [-0.05, 0) is 49.9 Å². The summed E-state index contributed by atoms with van der Waals surface area (Å²) in [6.45, 7) is 1.74. The minimum Gasteiger partial charge on any atom is -0.494 e. The number of carbonyl (C=O) groups is 1. The van der Waals surface area contributed by atoms with Crippen LogP contribution < -0.4 is 10.1 Å². The van der Waals surface area contributed by atoms with Crippen LogP contribution in [0.25, 0.3) is 16.9 Å². The van der Waals surface area contributed by atoms with Gasteiger partial charge in [0, 0.05) is 11.3 Å². The van der Waals surface area contributed by atoms with Crippen LogP contribution in [-0.2, 0) is 0 Å². The first-order chi connectivity index (χ1) is 14.2. The number of hydrogen-bond donors (Lipinski definition) is 1. The van der Waals surface area contributed by atoms with E-state index in [0.29, 0.717) is 29.8 Å². The lowest BCUT2D eigenvalue weighted by atomic mass is 10.1. The van der Waals surface area contributed by atoms with E-state index in [9.17, 15) is 22.4 Å². The van der Waals surface area contributed by atoms with Crippen molar-refractivity contribution in [3.63, 3.8) is 0 Å². The quantitative estimate of drug-likeness (QED) is 0.633. The number of fused-ring (bicyclic) bond motifs is 1. The molecule has 2 heterocycles. The van der Waals surface area contributed by atoms with Crippen molar-refractivity contribution in [2.45, 2.75) is 32.0 Å². The number of nitrogens with one attached hydrogen (secondary N) is 1. The lowest BCUT2D eigenvalue weighted by Crippen LogP contribution is -2.47. The van der Waals surface area contributed by atoms with Crippen LogP contribution in [0.4, 0.5) is 17.6 Å². The van der Waals surface area contributed by atoms with E-state index < -0.39 is 29.9 Å². The lowest BCUT2D eigenvalue weighted by Gasteiger charge is -2.20. The highest BCUT2D eigenvalue weighted by atomic mass is 19.4. The minimum atomic E-state index is -4.54. The van der Waals surface area contributed by atoms with E-state index in [4.69, 9.17) is 4.74 Å². The molecule has 0 radical (unpaired) electrons. The number of methoxy groups -OCH3 is 1. The molecular weight excluding hydrogens is 404 g/mol. The number of benzene rings is 1. The van der Waals surface area contributed by atoms with E-state index in [1.165, 1.54) is 36.0 Å². The summed E-state index contributed by atoms with van der Waals surface area (Å²) >= 11 is 0. The number of carbonyl (C=O) groups excluding carboxylic acids is 1. The number of amides is 1. The second-order valence-electron chi connectivity index (χ2n) is 7.25. The van der Waals surface area contributed by atoms with Crippen LogP contribution in [0, 0.1) is 18.7 Å². The molecule has 1 N–H and O–H groups in total. The standard InChI is InChI=1S/C20H18F4N4O2/c1-10-7-14(12-5-6-13(21)15(8-12)30-2)26-18-16(25-9-28(10)18)19(29)27-17(11-3-4-11)20(22,23)24/h5-9,11,17H,3-4H2,1-2H3,(H,27,29). The van der Waals surface area contributed by atoms with Gasteiger partial charge in [-0.2, -0.15) is 13.2 Å². The van der Waals surface area contributed by atoms with Crippen LogP contribution in [0.15, 0.2) is 30.6 Å². The molecule has 1 aromatic carbocycles. The highest BCUT2D eigenvalue weighted by Gasteiger charge is 2.50. The van der Waals surface area contributed by atoms with Gasteiger partial charge in [0.1, 0.15) is 12.4 Å². The molecule has 1 fully saturated rings. The van der Waals surface area contributed by atoms with Gasteiger partial charge in [-0.15, -0.1) is 0 Å². The summed E-state index contributed by atoms with van der Waals surface area (Å²) in [5, 5.41) is 2.07. The van der Waals surface area contributed by atoms with Gasteiger partial charge in [0.15, 0.2) is 22.9 Å². The Morgan fingerprint density at radius 2 is 2.03 bits per heavy atom. The Hall–Kier alpha value is -3.17. The van der Waals surface area contributed by atoms with Crippen LogP contribution >= 0.6 is 0 Å². The molecule has 1 unspecified atom stereocenters. The molecule has 3 aromatic rings. The van der Waals surface area contributed by atoms with Crippen LogP contribution in [0.3, 0.4) is 0 Å². The Labute approximate surface area is 168 Å². The van der Waals surface area contributed by atoms with Crippen molar-refractivity contribution in [2.75, 3.05) is 7.11 Å². The molecule has 1 amide bonds. The van der Waals surface area contributed by atoms with Gasteiger partial charge >= 0.3 is 6.18 Å². The van der Waals surface area contributed by atoms with Gasteiger partial charge < -0.3 is 10.1 Å². The Morgan fingerprint density at radius 3 is 2.67 bits per heavy atom. The van der Waals surface area contributed by atoms with E-state index in [1.807, 2.05) is 0 Å². The summed E-state index contributed by atoms with van der Waals surface area (Å²) in [5.41, 5.74) is 1.49. The minimum absolute atomic E-state index is 0.0238. The second-order valence-corrected chi connectivity index (χ2v) is 7.25. The third-order valence-corrected chi connectivity index (χ3v) is 5.09. The van der Waals surface area contributed by atoms with Gasteiger partial charge in [-0.1, -0.05) is 0 Å². The van der Waals surface area contributed by atoms with Crippen molar-refractivity contribution in [2.24, 2.45) is 5.92 Å². The first-order valence-corrected chi connectivity index (χ1v) is 9.25. The third kappa shape index (κ3) is 3.69. The highest BCUT2D eigenvalue weighted by molar-refractivity contribution is 5.98. The number of hydrogen-bond acceptors (Lipinski definition) is 4. The maximum atomic E-state index is 13.7. The zero-order valence-corrected chi connectivity index (χ0v) is 16.1. The van der Waals surface area contributed by atoms with Crippen molar-refractivity contribution in [1.29, 1.82) is 0 Å². The monoisotopic (exact) mass is 422 g/mol. The maximum Gasteiger partial charge on any atom is 0.408 e. The Morgan fingerprint density at radius 1 is 1.30 bits per heavy atom. The lowest BCUT2D eigenvalue weighted by molar-refractivity contribution is -0.158. The van der Waals surface area contributed by atoms with Gasteiger partial charge in [0.05, 0.1) is 12.8 Å². The van der Waals surface area contributed by atoms with Gasteiger partial charge in [0.25, 0.3) is 5.91 Å².